The van der Waals surface area contributed by atoms with E-state index in [0.29, 0.717) is 23.6 Å². The third-order valence-corrected chi connectivity index (χ3v) is 3.22. The summed E-state index contributed by atoms with van der Waals surface area (Å²) in [6, 6.07) is 8.51. The third-order valence-electron chi connectivity index (χ3n) is 3.22. The first-order valence-corrected chi connectivity index (χ1v) is 6.83. The highest BCUT2D eigenvalue weighted by Gasteiger charge is 2.23. The van der Waals surface area contributed by atoms with Crippen molar-refractivity contribution in [3.05, 3.63) is 40.8 Å². The minimum atomic E-state index is -0.885. The first-order chi connectivity index (χ1) is 10.6. The fourth-order valence-corrected chi connectivity index (χ4v) is 2.03. The van der Waals surface area contributed by atoms with Crippen molar-refractivity contribution < 1.29 is 19.0 Å². The zero-order chi connectivity index (χ0) is 15.5. The first kappa shape index (κ1) is 14.3. The molecule has 8 heteroatoms. The Morgan fingerprint density at radius 3 is 2.82 bits per heavy atom. The van der Waals surface area contributed by atoms with Crippen LogP contribution >= 0.6 is 0 Å². The molecule has 8 nitrogen and oxygen atoms in total. The van der Waals surface area contributed by atoms with E-state index >= 15 is 0 Å². The lowest BCUT2D eigenvalue weighted by atomic mass is 10.3. The molecule has 0 aliphatic carbocycles. The summed E-state index contributed by atoms with van der Waals surface area (Å²) in [5, 5.41) is 3.88. The van der Waals surface area contributed by atoms with Crippen LogP contribution in [-0.2, 0) is 11.8 Å². The Bertz CT molecular complexity index is 716. The van der Waals surface area contributed by atoms with Crippen LogP contribution in [0.4, 0.5) is 4.79 Å². The van der Waals surface area contributed by atoms with Crippen molar-refractivity contribution in [2.24, 2.45) is 7.05 Å². The Morgan fingerprint density at radius 1 is 1.36 bits per heavy atom. The molecular formula is C14H15N3O5. The fraction of sp³-hybridized carbons (Fsp3) is 0.357. The molecule has 1 fully saturated rings. The number of aromatic nitrogens is 3. The molecule has 1 saturated heterocycles. The maximum atomic E-state index is 12.0. The van der Waals surface area contributed by atoms with Gasteiger partial charge < -0.3 is 14.2 Å². The van der Waals surface area contributed by atoms with E-state index in [1.165, 1.54) is 7.05 Å². The van der Waals surface area contributed by atoms with Gasteiger partial charge in [-0.15, -0.1) is 9.78 Å². The maximum Gasteiger partial charge on any atom is 0.444 e. The van der Waals surface area contributed by atoms with Gasteiger partial charge in [0.25, 0.3) is 0 Å². The molecule has 1 aliphatic rings. The second kappa shape index (κ2) is 6.02. The third kappa shape index (κ3) is 2.86. The normalized spacial score (nSPS) is 17.4. The van der Waals surface area contributed by atoms with Gasteiger partial charge in [0.05, 0.1) is 13.2 Å². The van der Waals surface area contributed by atoms with Crippen molar-refractivity contribution in [1.29, 1.82) is 0 Å². The van der Waals surface area contributed by atoms with E-state index in [0.717, 1.165) is 11.0 Å². The van der Waals surface area contributed by atoms with Crippen LogP contribution in [0.25, 0.3) is 0 Å². The predicted molar refractivity (Wildman–Crippen MR) is 75.2 cm³/mol. The Labute approximate surface area is 125 Å². The molecule has 0 amide bonds. The number of nitrogens with zero attached hydrogens (tertiary/aromatic N) is 3. The Kier molecular flexibility index (Phi) is 3.92. The van der Waals surface area contributed by atoms with Crippen molar-refractivity contribution in [1.82, 2.24) is 14.3 Å². The van der Waals surface area contributed by atoms with E-state index in [4.69, 9.17) is 14.2 Å². The smallest absolute Gasteiger partial charge is 0.444 e. The summed E-state index contributed by atoms with van der Waals surface area (Å²) < 4.78 is 17.6. The molecule has 1 atom stereocenters. The van der Waals surface area contributed by atoms with E-state index in [2.05, 4.69) is 5.10 Å². The van der Waals surface area contributed by atoms with Crippen molar-refractivity contribution in [3.63, 3.8) is 0 Å². The minimum absolute atomic E-state index is 0.0607. The molecule has 0 radical (unpaired) electrons. The van der Waals surface area contributed by atoms with Gasteiger partial charge in [0.15, 0.2) is 0 Å². The zero-order valence-corrected chi connectivity index (χ0v) is 12.0. The molecule has 3 rings (SSSR count). The summed E-state index contributed by atoms with van der Waals surface area (Å²) in [6.07, 6.45) is -0.335. The fourth-order valence-electron chi connectivity index (χ4n) is 2.03. The minimum Gasteiger partial charge on any atom is -0.458 e. The monoisotopic (exact) mass is 305 g/mol. The molecule has 2 aromatic rings. The van der Waals surface area contributed by atoms with Crippen LogP contribution in [-0.4, -0.2) is 39.8 Å². The van der Waals surface area contributed by atoms with E-state index in [-0.39, 0.29) is 12.1 Å². The molecule has 0 spiro atoms. The van der Waals surface area contributed by atoms with Gasteiger partial charge in [0.1, 0.15) is 11.9 Å². The van der Waals surface area contributed by atoms with Gasteiger partial charge in [-0.05, 0) is 12.1 Å². The Balaban J connectivity index is 1.78. The number of benzene rings is 1. The number of carbonyl (C=O) groups is 1. The number of para-hydroxylation sites is 1. The molecule has 116 valence electrons. The lowest BCUT2D eigenvalue weighted by Crippen LogP contribution is -2.31. The van der Waals surface area contributed by atoms with E-state index in [1.807, 2.05) is 0 Å². The molecular weight excluding hydrogens is 290 g/mol. The summed E-state index contributed by atoms with van der Waals surface area (Å²) in [6.45, 7) is 1.05. The maximum absolute atomic E-state index is 12.0. The van der Waals surface area contributed by atoms with Crippen molar-refractivity contribution in [3.8, 4) is 11.8 Å². The van der Waals surface area contributed by atoms with Gasteiger partial charge in [-0.25, -0.2) is 14.2 Å². The zero-order valence-electron chi connectivity index (χ0n) is 12.0. The van der Waals surface area contributed by atoms with E-state index < -0.39 is 11.8 Å². The van der Waals surface area contributed by atoms with Gasteiger partial charge >= 0.3 is 17.8 Å². The van der Waals surface area contributed by atoms with Gasteiger partial charge in [0.2, 0.25) is 0 Å². The number of carbonyl (C=O) groups excluding carboxylic acids is 1. The number of ether oxygens (including phenoxy) is 3. The van der Waals surface area contributed by atoms with Crippen LogP contribution in [0.1, 0.15) is 6.42 Å². The Hall–Kier alpha value is -2.61. The number of rotatable bonds is 3. The predicted octanol–water partition coefficient (Wildman–Crippen LogP) is 0.797. The molecule has 1 aliphatic heterocycles. The second-order valence-corrected chi connectivity index (χ2v) is 4.82. The highest BCUT2D eigenvalue weighted by Crippen LogP contribution is 2.13. The van der Waals surface area contributed by atoms with Crippen LogP contribution in [0, 0.1) is 0 Å². The van der Waals surface area contributed by atoms with Crippen LogP contribution in [0.3, 0.4) is 0 Å². The molecule has 1 aromatic heterocycles. The second-order valence-electron chi connectivity index (χ2n) is 4.82. The molecule has 2 heterocycles. The molecule has 0 bridgehead atoms. The van der Waals surface area contributed by atoms with Crippen LogP contribution in [0.15, 0.2) is 35.1 Å². The lowest BCUT2D eigenvalue weighted by molar-refractivity contribution is 0.130. The lowest BCUT2D eigenvalue weighted by Gasteiger charge is -2.08. The number of hydrogen-bond donors (Lipinski definition) is 0. The topological polar surface area (TPSA) is 84.6 Å². The molecule has 0 N–H and O–H groups in total. The van der Waals surface area contributed by atoms with E-state index in [9.17, 15) is 9.59 Å². The highest BCUT2D eigenvalue weighted by atomic mass is 16.6. The number of hydrogen-bond acceptors (Lipinski definition) is 6. The van der Waals surface area contributed by atoms with Crippen LogP contribution in [0.5, 0.6) is 11.8 Å². The summed E-state index contributed by atoms with van der Waals surface area (Å²) in [7, 11) is 1.48. The summed E-state index contributed by atoms with van der Waals surface area (Å²) in [5.74, 6) is 0.330. The largest absolute Gasteiger partial charge is 0.458 e. The quantitative estimate of drug-likeness (QED) is 0.834. The van der Waals surface area contributed by atoms with Gasteiger partial charge in [0, 0.05) is 13.5 Å². The van der Waals surface area contributed by atoms with E-state index in [1.54, 1.807) is 30.3 Å². The van der Waals surface area contributed by atoms with Crippen molar-refractivity contribution in [2.75, 3.05) is 13.2 Å². The molecule has 1 aromatic carbocycles. The molecule has 22 heavy (non-hydrogen) atoms. The van der Waals surface area contributed by atoms with Crippen molar-refractivity contribution in [2.45, 2.75) is 12.5 Å². The van der Waals surface area contributed by atoms with Gasteiger partial charge in [-0.3, -0.25) is 0 Å². The summed E-state index contributed by atoms with van der Waals surface area (Å²) in [5.41, 5.74) is -0.630. The molecule has 1 unspecified atom stereocenters. The standard InChI is InChI=1S/C14H15N3O5/c1-16-12(21-11-7-8-20-9-11)15-17(13(16)18)14(19)22-10-5-3-2-4-6-10/h2-6,11H,7-9H2,1H3. The first-order valence-electron chi connectivity index (χ1n) is 6.83. The van der Waals surface area contributed by atoms with Crippen LogP contribution in [0.2, 0.25) is 0 Å². The highest BCUT2D eigenvalue weighted by molar-refractivity contribution is 5.71. The van der Waals surface area contributed by atoms with Crippen LogP contribution < -0.4 is 15.2 Å². The van der Waals surface area contributed by atoms with Crippen molar-refractivity contribution >= 4 is 6.09 Å². The summed E-state index contributed by atoms with van der Waals surface area (Å²) in [4.78, 5) is 24.1. The average Bonchev–Trinajstić information content (AvgIpc) is 3.12. The molecule has 0 saturated carbocycles. The van der Waals surface area contributed by atoms with Gasteiger partial charge in [-0.2, -0.15) is 0 Å². The summed E-state index contributed by atoms with van der Waals surface area (Å²) >= 11 is 0. The average molecular weight is 305 g/mol. The Morgan fingerprint density at radius 2 is 2.14 bits per heavy atom. The SMILES string of the molecule is Cn1c(OC2CCOC2)nn(C(=O)Oc2ccccc2)c1=O. The van der Waals surface area contributed by atoms with Gasteiger partial charge in [-0.1, -0.05) is 18.2 Å².